The molecular formula is C12H6BrN3O2S2. The molecule has 1 N–H and O–H groups in total. The first kappa shape index (κ1) is 14.5. The summed E-state index contributed by atoms with van der Waals surface area (Å²) in [6.07, 6.45) is 0. The molecule has 0 aliphatic heterocycles. The maximum absolute atomic E-state index is 12.2. The Morgan fingerprint density at radius 1 is 1.15 bits per heavy atom. The predicted molar refractivity (Wildman–Crippen MR) is 78.7 cm³/mol. The second-order valence-corrected chi connectivity index (χ2v) is 7.55. The van der Waals surface area contributed by atoms with Crippen LogP contribution in [0.5, 0.6) is 0 Å². The average molecular weight is 368 g/mol. The van der Waals surface area contributed by atoms with Crippen LogP contribution in [0.25, 0.3) is 0 Å². The highest BCUT2D eigenvalue weighted by Crippen LogP contribution is 2.26. The van der Waals surface area contributed by atoms with Gasteiger partial charge in [-0.15, -0.1) is 11.3 Å². The number of anilines is 1. The lowest BCUT2D eigenvalue weighted by Gasteiger charge is -2.08. The summed E-state index contributed by atoms with van der Waals surface area (Å²) in [6.45, 7) is 0. The molecule has 0 atom stereocenters. The fourth-order valence-electron chi connectivity index (χ4n) is 1.42. The lowest BCUT2D eigenvalue weighted by Crippen LogP contribution is -2.12. The summed E-state index contributed by atoms with van der Waals surface area (Å²) < 4.78 is 27.4. The molecule has 100 valence electrons. The van der Waals surface area contributed by atoms with E-state index in [0.717, 1.165) is 11.3 Å². The van der Waals surface area contributed by atoms with E-state index >= 15 is 0 Å². The summed E-state index contributed by atoms with van der Waals surface area (Å²) in [4.78, 5) is 0.307. The second-order valence-electron chi connectivity index (χ2n) is 3.64. The number of thiophene rings is 1. The van der Waals surface area contributed by atoms with E-state index in [1.54, 1.807) is 6.07 Å². The maximum Gasteiger partial charge on any atom is 0.271 e. The van der Waals surface area contributed by atoms with Gasteiger partial charge in [-0.25, -0.2) is 8.42 Å². The highest BCUT2D eigenvalue weighted by Gasteiger charge is 2.18. The van der Waals surface area contributed by atoms with Crippen molar-refractivity contribution in [2.75, 3.05) is 4.72 Å². The monoisotopic (exact) mass is 367 g/mol. The Hall–Kier alpha value is -1.87. The van der Waals surface area contributed by atoms with Gasteiger partial charge in [-0.05, 0) is 30.3 Å². The minimum atomic E-state index is -3.80. The van der Waals surface area contributed by atoms with Crippen molar-refractivity contribution in [1.82, 2.24) is 0 Å². The summed E-state index contributed by atoms with van der Waals surface area (Å²) >= 11 is 4.08. The molecule has 0 radical (unpaired) electrons. The molecule has 2 aromatic rings. The van der Waals surface area contributed by atoms with Crippen LogP contribution in [0.2, 0.25) is 0 Å². The highest BCUT2D eigenvalue weighted by atomic mass is 79.9. The van der Waals surface area contributed by atoms with Crippen molar-refractivity contribution in [2.24, 2.45) is 0 Å². The number of nitriles is 2. The van der Waals surface area contributed by atoms with Gasteiger partial charge in [-0.3, -0.25) is 4.72 Å². The number of benzene rings is 1. The third-order valence-electron chi connectivity index (χ3n) is 2.30. The van der Waals surface area contributed by atoms with Crippen LogP contribution in [0.15, 0.2) is 39.0 Å². The van der Waals surface area contributed by atoms with E-state index < -0.39 is 10.0 Å². The third kappa shape index (κ3) is 2.99. The normalized spacial score (nSPS) is 10.6. The average Bonchev–Trinajstić information content (AvgIpc) is 2.90. The van der Waals surface area contributed by atoms with Crippen molar-refractivity contribution in [3.63, 3.8) is 0 Å². The largest absolute Gasteiger partial charge is 0.278 e. The van der Waals surface area contributed by atoms with Crippen molar-refractivity contribution in [1.29, 1.82) is 10.5 Å². The first-order chi connectivity index (χ1) is 9.46. The second kappa shape index (κ2) is 5.63. The molecule has 5 nitrogen and oxygen atoms in total. The van der Waals surface area contributed by atoms with Gasteiger partial charge in [0, 0.05) is 4.47 Å². The van der Waals surface area contributed by atoms with Crippen LogP contribution in [0.3, 0.4) is 0 Å². The Labute approximate surface area is 128 Å². The maximum atomic E-state index is 12.2. The number of hydrogen-bond donors (Lipinski definition) is 1. The van der Waals surface area contributed by atoms with Crippen LogP contribution in [0.1, 0.15) is 10.4 Å². The van der Waals surface area contributed by atoms with Gasteiger partial charge in [-0.1, -0.05) is 15.9 Å². The van der Waals surface area contributed by atoms with Crippen molar-refractivity contribution < 1.29 is 8.42 Å². The van der Waals surface area contributed by atoms with Crippen LogP contribution in [-0.4, -0.2) is 8.42 Å². The molecule has 1 aromatic carbocycles. The van der Waals surface area contributed by atoms with Crippen molar-refractivity contribution in [3.05, 3.63) is 45.2 Å². The number of nitrogens with one attached hydrogen (secondary N) is 1. The zero-order chi connectivity index (χ0) is 14.8. The lowest BCUT2D eigenvalue weighted by molar-refractivity contribution is 0.603. The molecule has 20 heavy (non-hydrogen) atoms. The van der Waals surface area contributed by atoms with Gasteiger partial charge < -0.3 is 0 Å². The van der Waals surface area contributed by atoms with Crippen LogP contribution >= 0.6 is 27.3 Å². The van der Waals surface area contributed by atoms with Gasteiger partial charge in [0.15, 0.2) is 0 Å². The fourth-order valence-corrected chi connectivity index (χ4v) is 3.96. The smallest absolute Gasteiger partial charge is 0.271 e. The highest BCUT2D eigenvalue weighted by molar-refractivity contribution is 9.10. The van der Waals surface area contributed by atoms with E-state index in [1.165, 1.54) is 24.3 Å². The number of nitrogens with zero attached hydrogens (tertiary/aromatic N) is 2. The Morgan fingerprint density at radius 3 is 2.50 bits per heavy atom. The van der Waals surface area contributed by atoms with Crippen LogP contribution < -0.4 is 4.72 Å². The third-order valence-corrected chi connectivity index (χ3v) is 5.64. The molecule has 1 aromatic heterocycles. The molecule has 0 saturated heterocycles. The van der Waals surface area contributed by atoms with E-state index in [4.69, 9.17) is 10.5 Å². The molecular weight excluding hydrogens is 362 g/mol. The fraction of sp³-hybridized carbons (Fsp3) is 0. The first-order valence-electron chi connectivity index (χ1n) is 5.18. The minimum absolute atomic E-state index is 0.0286. The van der Waals surface area contributed by atoms with Gasteiger partial charge >= 0.3 is 0 Å². The van der Waals surface area contributed by atoms with Crippen LogP contribution in [0.4, 0.5) is 5.69 Å². The zero-order valence-corrected chi connectivity index (χ0v) is 13.0. The van der Waals surface area contributed by atoms with Crippen LogP contribution in [0, 0.1) is 22.7 Å². The van der Waals surface area contributed by atoms with Gasteiger partial charge in [0.1, 0.15) is 21.2 Å². The summed E-state index contributed by atoms with van der Waals surface area (Å²) in [7, 11) is -3.80. The molecule has 1 heterocycles. The van der Waals surface area contributed by atoms with Gasteiger partial charge in [0.25, 0.3) is 10.0 Å². The summed E-state index contributed by atoms with van der Waals surface area (Å²) in [6, 6.07) is 11.2. The topological polar surface area (TPSA) is 93.8 Å². The molecule has 0 unspecified atom stereocenters. The van der Waals surface area contributed by atoms with Crippen LogP contribution in [-0.2, 0) is 10.0 Å². The molecule has 0 fully saturated rings. The van der Waals surface area contributed by atoms with E-state index in [-0.39, 0.29) is 15.5 Å². The Morgan fingerprint density at radius 2 is 1.90 bits per heavy atom. The number of sulfonamides is 1. The molecule has 0 bridgehead atoms. The van der Waals surface area contributed by atoms with Crippen molar-refractivity contribution in [3.8, 4) is 12.1 Å². The molecule has 2 rings (SSSR count). The van der Waals surface area contributed by atoms with E-state index in [1.807, 2.05) is 12.1 Å². The van der Waals surface area contributed by atoms with Gasteiger partial charge in [-0.2, -0.15) is 10.5 Å². The summed E-state index contributed by atoms with van der Waals surface area (Å²) in [5, 5.41) is 17.7. The molecule has 0 spiro atoms. The van der Waals surface area contributed by atoms with E-state index in [0.29, 0.717) is 9.35 Å². The summed E-state index contributed by atoms with van der Waals surface area (Å²) in [5.74, 6) is 0. The minimum Gasteiger partial charge on any atom is -0.278 e. The molecule has 8 heteroatoms. The molecule has 0 saturated carbocycles. The van der Waals surface area contributed by atoms with Crippen molar-refractivity contribution >= 4 is 43.0 Å². The van der Waals surface area contributed by atoms with Gasteiger partial charge in [0.05, 0.1) is 11.3 Å². The molecule has 0 amide bonds. The number of rotatable bonds is 3. The van der Waals surface area contributed by atoms with Gasteiger partial charge in [0.2, 0.25) is 0 Å². The number of halogens is 1. The summed E-state index contributed by atoms with van der Waals surface area (Å²) in [5.41, 5.74) is 0.405. The molecule has 0 aliphatic carbocycles. The number of hydrogen-bond acceptors (Lipinski definition) is 5. The Bertz CT molecular complexity index is 844. The van der Waals surface area contributed by atoms with Crippen molar-refractivity contribution in [2.45, 2.75) is 4.21 Å². The standard InChI is InChI=1S/C12H6BrN3O2S2/c13-9-1-3-11(8(5-9)6-14)16-20(17,18)12-4-2-10(7-15)19-12/h1-5,16H. The predicted octanol–water partition coefficient (Wildman–Crippen LogP) is 3.05. The Kier molecular flexibility index (Phi) is 4.09. The Balaban J connectivity index is 2.39. The van der Waals surface area contributed by atoms with E-state index in [9.17, 15) is 8.42 Å². The lowest BCUT2D eigenvalue weighted by atomic mass is 10.2. The SMILES string of the molecule is N#Cc1ccc(S(=O)(=O)Nc2ccc(Br)cc2C#N)s1. The first-order valence-corrected chi connectivity index (χ1v) is 8.28. The quantitative estimate of drug-likeness (QED) is 0.901. The van der Waals surface area contributed by atoms with E-state index in [2.05, 4.69) is 20.7 Å². The zero-order valence-electron chi connectivity index (χ0n) is 9.79. The molecule has 0 aliphatic rings.